The van der Waals surface area contributed by atoms with Gasteiger partial charge >= 0.3 is 0 Å². The molecule has 2 unspecified atom stereocenters. The second-order valence-electron chi connectivity index (χ2n) is 6.64. The Morgan fingerprint density at radius 1 is 1.35 bits per heavy atom. The van der Waals surface area contributed by atoms with Crippen molar-refractivity contribution in [3.8, 4) is 0 Å². The van der Waals surface area contributed by atoms with Crippen LogP contribution in [0.1, 0.15) is 51.9 Å². The van der Waals surface area contributed by atoms with E-state index in [4.69, 9.17) is 10.9 Å². The summed E-state index contributed by atoms with van der Waals surface area (Å²) in [7, 11) is 1.85. The lowest BCUT2D eigenvalue weighted by Crippen LogP contribution is -2.50. The first-order chi connectivity index (χ1) is 9.51. The predicted molar refractivity (Wildman–Crippen MR) is 78.5 cm³/mol. The lowest BCUT2D eigenvalue weighted by Gasteiger charge is -2.34. The maximum atomic E-state index is 12.9. The van der Waals surface area contributed by atoms with Gasteiger partial charge in [0.2, 0.25) is 5.91 Å². The fourth-order valence-electron chi connectivity index (χ4n) is 3.46. The molecule has 0 bridgehead atoms. The minimum atomic E-state index is -0.780. The second kappa shape index (κ2) is 6.02. The highest BCUT2D eigenvalue weighted by molar-refractivity contribution is 6.06. The summed E-state index contributed by atoms with van der Waals surface area (Å²) in [5, 5.41) is 12.3. The van der Waals surface area contributed by atoms with E-state index in [1.807, 2.05) is 7.05 Å². The molecule has 2 saturated carbocycles. The molecule has 3 N–H and O–H groups in total. The Hall–Kier alpha value is -1.26. The monoisotopic (exact) mass is 281 g/mol. The molecule has 0 aromatic heterocycles. The van der Waals surface area contributed by atoms with Gasteiger partial charge in [0.1, 0.15) is 5.41 Å². The summed E-state index contributed by atoms with van der Waals surface area (Å²) in [6.07, 6.45) is 6.78. The van der Waals surface area contributed by atoms with Crippen LogP contribution in [-0.4, -0.2) is 35.4 Å². The van der Waals surface area contributed by atoms with E-state index < -0.39 is 5.41 Å². The summed E-state index contributed by atoms with van der Waals surface area (Å²) in [5.74, 6) is 1.48. The van der Waals surface area contributed by atoms with Gasteiger partial charge in [-0.2, -0.15) is 0 Å². The molecular formula is C15H27N3O2. The van der Waals surface area contributed by atoms with Crippen molar-refractivity contribution in [3.05, 3.63) is 0 Å². The molecule has 2 aliphatic carbocycles. The van der Waals surface area contributed by atoms with Gasteiger partial charge in [-0.1, -0.05) is 37.8 Å². The lowest BCUT2D eigenvalue weighted by molar-refractivity contribution is -0.138. The van der Waals surface area contributed by atoms with E-state index in [0.717, 1.165) is 38.1 Å². The van der Waals surface area contributed by atoms with Crippen molar-refractivity contribution < 1.29 is 10.0 Å². The van der Waals surface area contributed by atoms with Gasteiger partial charge in [-0.05, 0) is 31.1 Å². The molecule has 2 fully saturated rings. The van der Waals surface area contributed by atoms with Crippen LogP contribution in [0.25, 0.3) is 0 Å². The molecule has 5 nitrogen and oxygen atoms in total. The van der Waals surface area contributed by atoms with Crippen molar-refractivity contribution in [2.75, 3.05) is 13.6 Å². The van der Waals surface area contributed by atoms with Crippen molar-refractivity contribution in [3.63, 3.8) is 0 Å². The number of hydrogen-bond donors (Lipinski definition) is 2. The zero-order valence-corrected chi connectivity index (χ0v) is 12.6. The third kappa shape index (κ3) is 2.91. The number of rotatable bonds is 4. The van der Waals surface area contributed by atoms with Crippen molar-refractivity contribution in [2.45, 2.75) is 51.9 Å². The first-order valence-corrected chi connectivity index (χ1v) is 7.75. The molecule has 114 valence electrons. The Balaban J connectivity index is 2.14. The lowest BCUT2D eigenvalue weighted by atomic mass is 9.77. The van der Waals surface area contributed by atoms with E-state index in [-0.39, 0.29) is 11.7 Å². The van der Waals surface area contributed by atoms with E-state index in [1.165, 1.54) is 6.42 Å². The minimum absolute atomic E-state index is 0.0359. The average molecular weight is 281 g/mol. The van der Waals surface area contributed by atoms with Crippen LogP contribution in [0.15, 0.2) is 5.16 Å². The largest absolute Gasteiger partial charge is 0.409 e. The highest BCUT2D eigenvalue weighted by Gasteiger charge is 2.46. The molecule has 0 aliphatic heterocycles. The van der Waals surface area contributed by atoms with Crippen molar-refractivity contribution in [2.24, 2.45) is 28.1 Å². The molecule has 2 aliphatic rings. The number of amidine groups is 1. The molecular weight excluding hydrogens is 254 g/mol. The second-order valence-corrected chi connectivity index (χ2v) is 6.64. The van der Waals surface area contributed by atoms with E-state index in [2.05, 4.69) is 12.1 Å². The fraction of sp³-hybridized carbons (Fsp3) is 0.867. The van der Waals surface area contributed by atoms with Crippen LogP contribution in [-0.2, 0) is 4.79 Å². The van der Waals surface area contributed by atoms with Gasteiger partial charge in [-0.15, -0.1) is 0 Å². The van der Waals surface area contributed by atoms with Gasteiger partial charge in [0.25, 0.3) is 0 Å². The summed E-state index contributed by atoms with van der Waals surface area (Å²) < 4.78 is 0. The van der Waals surface area contributed by atoms with E-state index in [9.17, 15) is 4.79 Å². The SMILES string of the molecule is CC1CC1CN(C)C(=O)C1(C(N)=NO)CCCCCC1. The van der Waals surface area contributed by atoms with Gasteiger partial charge < -0.3 is 15.8 Å². The van der Waals surface area contributed by atoms with Crippen molar-refractivity contribution in [1.29, 1.82) is 0 Å². The van der Waals surface area contributed by atoms with Crippen LogP contribution in [0.3, 0.4) is 0 Å². The zero-order chi connectivity index (χ0) is 14.8. The van der Waals surface area contributed by atoms with Crippen molar-refractivity contribution >= 4 is 11.7 Å². The van der Waals surface area contributed by atoms with Crippen LogP contribution in [0, 0.1) is 17.3 Å². The first kappa shape index (κ1) is 15.1. The summed E-state index contributed by atoms with van der Waals surface area (Å²) in [6.45, 7) is 3.01. The molecule has 0 aromatic carbocycles. The number of nitrogens with zero attached hydrogens (tertiary/aromatic N) is 2. The number of carbonyl (C=O) groups excluding carboxylic acids is 1. The van der Waals surface area contributed by atoms with Crippen LogP contribution < -0.4 is 5.73 Å². The van der Waals surface area contributed by atoms with E-state index >= 15 is 0 Å². The molecule has 1 amide bonds. The highest BCUT2D eigenvalue weighted by atomic mass is 16.4. The van der Waals surface area contributed by atoms with Gasteiger partial charge in [-0.3, -0.25) is 4.79 Å². The molecule has 20 heavy (non-hydrogen) atoms. The Kier molecular flexibility index (Phi) is 4.55. The maximum absolute atomic E-state index is 12.9. The summed E-state index contributed by atoms with van der Waals surface area (Å²) in [5.41, 5.74) is 5.14. The zero-order valence-electron chi connectivity index (χ0n) is 12.6. The molecule has 2 atom stereocenters. The Morgan fingerprint density at radius 2 is 1.90 bits per heavy atom. The normalized spacial score (nSPS) is 29.6. The van der Waals surface area contributed by atoms with Gasteiger partial charge in [0.15, 0.2) is 5.84 Å². The highest BCUT2D eigenvalue weighted by Crippen LogP contribution is 2.41. The summed E-state index contributed by atoms with van der Waals surface area (Å²) >= 11 is 0. The molecule has 5 heteroatoms. The van der Waals surface area contributed by atoms with Gasteiger partial charge in [0, 0.05) is 13.6 Å². The molecule has 0 aromatic rings. The first-order valence-electron chi connectivity index (χ1n) is 7.75. The Morgan fingerprint density at radius 3 is 2.35 bits per heavy atom. The van der Waals surface area contributed by atoms with E-state index in [0.29, 0.717) is 18.8 Å². The van der Waals surface area contributed by atoms with Gasteiger partial charge in [-0.25, -0.2) is 0 Å². The Labute approximate surface area is 121 Å². The van der Waals surface area contributed by atoms with Crippen LogP contribution in [0.4, 0.5) is 0 Å². The minimum Gasteiger partial charge on any atom is -0.409 e. The molecule has 0 spiro atoms. The fourth-order valence-corrected chi connectivity index (χ4v) is 3.46. The number of carbonyl (C=O) groups is 1. The maximum Gasteiger partial charge on any atom is 0.236 e. The topological polar surface area (TPSA) is 78.9 Å². The number of nitrogens with two attached hydrogens (primary N) is 1. The van der Waals surface area contributed by atoms with Crippen LogP contribution in [0.2, 0.25) is 0 Å². The van der Waals surface area contributed by atoms with Crippen molar-refractivity contribution in [1.82, 2.24) is 4.90 Å². The number of oxime groups is 1. The Bertz CT molecular complexity index is 387. The summed E-state index contributed by atoms with van der Waals surface area (Å²) in [4.78, 5) is 14.7. The molecule has 2 rings (SSSR count). The third-order valence-corrected chi connectivity index (χ3v) is 5.10. The summed E-state index contributed by atoms with van der Waals surface area (Å²) in [6, 6.07) is 0. The molecule has 0 saturated heterocycles. The molecule has 0 radical (unpaired) electrons. The number of hydrogen-bond acceptors (Lipinski definition) is 3. The smallest absolute Gasteiger partial charge is 0.236 e. The molecule has 0 heterocycles. The van der Waals surface area contributed by atoms with Gasteiger partial charge in [0.05, 0.1) is 0 Å². The van der Waals surface area contributed by atoms with E-state index in [1.54, 1.807) is 4.90 Å². The number of amides is 1. The standard InChI is InChI=1S/C15H27N3O2/c1-11-9-12(11)10-18(2)14(19)15(13(16)17-20)7-5-3-4-6-8-15/h11-12,20H,3-10H2,1-2H3,(H2,16,17). The average Bonchev–Trinajstić information content (AvgIpc) is 3.19. The third-order valence-electron chi connectivity index (χ3n) is 5.10. The predicted octanol–water partition coefficient (Wildman–Crippen LogP) is 2.19. The van der Waals surface area contributed by atoms with Crippen LogP contribution in [0.5, 0.6) is 0 Å². The van der Waals surface area contributed by atoms with Crippen LogP contribution >= 0.6 is 0 Å². The quantitative estimate of drug-likeness (QED) is 0.272.